The number of benzene rings is 1. The van der Waals surface area contributed by atoms with Crippen molar-refractivity contribution in [2.24, 2.45) is 4.99 Å². The first-order chi connectivity index (χ1) is 10.1. The van der Waals surface area contributed by atoms with Gasteiger partial charge in [-0.15, -0.1) is 24.0 Å². The summed E-state index contributed by atoms with van der Waals surface area (Å²) in [6, 6.07) is 7.97. The van der Waals surface area contributed by atoms with Gasteiger partial charge in [-0.2, -0.15) is 0 Å². The lowest BCUT2D eigenvalue weighted by Gasteiger charge is -2.16. The van der Waals surface area contributed by atoms with Crippen molar-refractivity contribution >= 4 is 35.8 Å². The molecular weight excluding hydrogens is 391 g/mol. The summed E-state index contributed by atoms with van der Waals surface area (Å²) >= 11 is 0. The van der Waals surface area contributed by atoms with E-state index >= 15 is 0 Å². The lowest BCUT2D eigenvalue weighted by molar-refractivity contribution is 0.0956. The Hall–Kier alpha value is -1.31. The normalized spacial score (nSPS) is 12.1. The molecule has 0 aliphatic rings. The fourth-order valence-electron chi connectivity index (χ4n) is 1.75. The first-order valence-electron chi connectivity index (χ1n) is 7.45. The molecule has 0 aromatic heterocycles. The van der Waals surface area contributed by atoms with Gasteiger partial charge in [0.15, 0.2) is 5.96 Å². The van der Waals surface area contributed by atoms with Crippen LogP contribution in [-0.4, -0.2) is 31.5 Å². The quantitative estimate of drug-likeness (QED) is 0.378. The standard InChI is InChI=1S/C16H26N4O.HI/c1-5-12(3)20-16(17-4)19-11-13-7-9-14(10-8-13)15(21)18-6-2;/h7-10,12H,5-6,11H2,1-4H3,(H,18,21)(H2,17,19,20);1H. The number of nitrogens with zero attached hydrogens (tertiary/aromatic N) is 1. The molecular formula is C16H27IN4O. The van der Waals surface area contributed by atoms with Crippen molar-refractivity contribution in [3.05, 3.63) is 35.4 Å². The molecule has 1 amide bonds. The van der Waals surface area contributed by atoms with E-state index in [1.807, 2.05) is 31.2 Å². The Morgan fingerprint density at radius 3 is 2.32 bits per heavy atom. The second kappa shape index (κ2) is 11.3. The van der Waals surface area contributed by atoms with Gasteiger partial charge < -0.3 is 16.0 Å². The molecule has 1 aromatic rings. The number of amides is 1. The number of aliphatic imine (C=N–C) groups is 1. The van der Waals surface area contributed by atoms with E-state index in [4.69, 9.17) is 0 Å². The molecule has 0 heterocycles. The van der Waals surface area contributed by atoms with Gasteiger partial charge >= 0.3 is 0 Å². The lowest BCUT2D eigenvalue weighted by Crippen LogP contribution is -2.41. The molecule has 0 spiro atoms. The van der Waals surface area contributed by atoms with Crippen LogP contribution in [0.3, 0.4) is 0 Å². The van der Waals surface area contributed by atoms with Gasteiger partial charge in [-0.05, 0) is 38.0 Å². The van der Waals surface area contributed by atoms with Crippen molar-refractivity contribution < 1.29 is 4.79 Å². The molecule has 0 bridgehead atoms. The van der Waals surface area contributed by atoms with E-state index in [9.17, 15) is 4.79 Å². The van der Waals surface area contributed by atoms with E-state index in [0.717, 1.165) is 17.9 Å². The molecule has 0 aliphatic heterocycles. The molecule has 22 heavy (non-hydrogen) atoms. The Morgan fingerprint density at radius 1 is 1.18 bits per heavy atom. The summed E-state index contributed by atoms with van der Waals surface area (Å²) < 4.78 is 0. The van der Waals surface area contributed by atoms with Crippen LogP contribution in [0.2, 0.25) is 0 Å². The third-order valence-corrected chi connectivity index (χ3v) is 3.23. The zero-order valence-electron chi connectivity index (χ0n) is 13.8. The highest BCUT2D eigenvalue weighted by Crippen LogP contribution is 2.04. The molecule has 1 aromatic carbocycles. The summed E-state index contributed by atoms with van der Waals surface area (Å²) in [6.07, 6.45) is 1.04. The molecule has 0 aliphatic carbocycles. The van der Waals surface area contributed by atoms with Gasteiger partial charge in [-0.1, -0.05) is 19.1 Å². The second-order valence-electron chi connectivity index (χ2n) is 4.94. The van der Waals surface area contributed by atoms with Gasteiger partial charge in [0, 0.05) is 31.7 Å². The SMILES string of the molecule is CCNC(=O)c1ccc(CNC(=NC)NC(C)CC)cc1.I. The molecule has 0 saturated carbocycles. The predicted octanol–water partition coefficient (Wildman–Crippen LogP) is 2.52. The van der Waals surface area contributed by atoms with Crippen molar-refractivity contribution in [3.63, 3.8) is 0 Å². The monoisotopic (exact) mass is 418 g/mol. The van der Waals surface area contributed by atoms with E-state index in [0.29, 0.717) is 24.7 Å². The maximum absolute atomic E-state index is 11.7. The summed E-state index contributed by atoms with van der Waals surface area (Å²) in [6.45, 7) is 7.47. The van der Waals surface area contributed by atoms with Crippen molar-refractivity contribution in [1.82, 2.24) is 16.0 Å². The minimum absolute atomic E-state index is 0. The third-order valence-electron chi connectivity index (χ3n) is 3.23. The molecule has 1 rings (SSSR count). The van der Waals surface area contributed by atoms with Crippen molar-refractivity contribution in [2.45, 2.75) is 39.8 Å². The Bertz CT molecular complexity index is 474. The topological polar surface area (TPSA) is 65.5 Å². The van der Waals surface area contributed by atoms with E-state index in [1.165, 1.54) is 0 Å². The van der Waals surface area contributed by atoms with Gasteiger partial charge in [0.2, 0.25) is 0 Å². The van der Waals surface area contributed by atoms with Crippen LogP contribution in [0.25, 0.3) is 0 Å². The number of carbonyl (C=O) groups excluding carboxylic acids is 1. The van der Waals surface area contributed by atoms with Crippen LogP contribution in [0.1, 0.15) is 43.1 Å². The van der Waals surface area contributed by atoms with Crippen molar-refractivity contribution in [1.29, 1.82) is 0 Å². The number of hydrogen-bond acceptors (Lipinski definition) is 2. The van der Waals surface area contributed by atoms with E-state index < -0.39 is 0 Å². The summed E-state index contributed by atoms with van der Waals surface area (Å²) in [7, 11) is 1.76. The lowest BCUT2D eigenvalue weighted by atomic mass is 10.1. The first kappa shape index (κ1) is 20.7. The number of carbonyl (C=O) groups is 1. The van der Waals surface area contributed by atoms with Crippen LogP contribution in [0.5, 0.6) is 0 Å². The van der Waals surface area contributed by atoms with Crippen LogP contribution >= 0.6 is 24.0 Å². The average molecular weight is 418 g/mol. The fourth-order valence-corrected chi connectivity index (χ4v) is 1.75. The highest BCUT2D eigenvalue weighted by molar-refractivity contribution is 14.0. The molecule has 5 nitrogen and oxygen atoms in total. The van der Waals surface area contributed by atoms with E-state index in [2.05, 4.69) is 34.8 Å². The number of guanidine groups is 1. The molecule has 0 saturated heterocycles. The van der Waals surface area contributed by atoms with Crippen LogP contribution in [0.4, 0.5) is 0 Å². The Balaban J connectivity index is 0.00000441. The minimum Gasteiger partial charge on any atom is -0.354 e. The van der Waals surface area contributed by atoms with Crippen LogP contribution in [0, 0.1) is 0 Å². The molecule has 0 radical (unpaired) electrons. The molecule has 1 unspecified atom stereocenters. The third kappa shape index (κ3) is 7.11. The Kier molecular flexibility index (Phi) is 10.6. The summed E-state index contributed by atoms with van der Waals surface area (Å²) in [4.78, 5) is 15.9. The number of rotatable bonds is 6. The van der Waals surface area contributed by atoms with Gasteiger partial charge in [0.05, 0.1) is 0 Å². The Labute approximate surface area is 150 Å². The summed E-state index contributed by atoms with van der Waals surface area (Å²) in [5, 5.41) is 9.36. The number of nitrogens with one attached hydrogen (secondary N) is 3. The molecule has 1 atom stereocenters. The van der Waals surface area contributed by atoms with Crippen LogP contribution < -0.4 is 16.0 Å². The molecule has 0 fully saturated rings. The van der Waals surface area contributed by atoms with E-state index in [-0.39, 0.29) is 29.9 Å². The zero-order valence-corrected chi connectivity index (χ0v) is 16.1. The number of halogens is 1. The first-order valence-corrected chi connectivity index (χ1v) is 7.45. The maximum atomic E-state index is 11.7. The summed E-state index contributed by atoms with van der Waals surface area (Å²) in [5.41, 5.74) is 1.79. The van der Waals surface area contributed by atoms with E-state index in [1.54, 1.807) is 7.05 Å². The van der Waals surface area contributed by atoms with Crippen molar-refractivity contribution in [2.75, 3.05) is 13.6 Å². The highest BCUT2D eigenvalue weighted by Gasteiger charge is 2.05. The van der Waals surface area contributed by atoms with Crippen LogP contribution in [0.15, 0.2) is 29.3 Å². The molecule has 3 N–H and O–H groups in total. The highest BCUT2D eigenvalue weighted by atomic mass is 127. The summed E-state index contributed by atoms with van der Waals surface area (Å²) in [5.74, 6) is 0.753. The minimum atomic E-state index is -0.0359. The predicted molar refractivity (Wildman–Crippen MR) is 103 cm³/mol. The zero-order chi connectivity index (χ0) is 15.7. The largest absolute Gasteiger partial charge is 0.354 e. The Morgan fingerprint density at radius 2 is 1.82 bits per heavy atom. The maximum Gasteiger partial charge on any atom is 0.251 e. The van der Waals surface area contributed by atoms with Gasteiger partial charge in [0.25, 0.3) is 5.91 Å². The van der Waals surface area contributed by atoms with Gasteiger partial charge in [-0.25, -0.2) is 0 Å². The van der Waals surface area contributed by atoms with Crippen LogP contribution in [-0.2, 0) is 6.54 Å². The smallest absolute Gasteiger partial charge is 0.251 e. The molecule has 6 heteroatoms. The second-order valence-corrected chi connectivity index (χ2v) is 4.94. The van der Waals surface area contributed by atoms with Crippen molar-refractivity contribution in [3.8, 4) is 0 Å². The average Bonchev–Trinajstić information content (AvgIpc) is 2.51. The van der Waals surface area contributed by atoms with Gasteiger partial charge in [0.1, 0.15) is 0 Å². The van der Waals surface area contributed by atoms with Gasteiger partial charge in [-0.3, -0.25) is 9.79 Å². The number of hydrogen-bond donors (Lipinski definition) is 3. The molecule has 124 valence electrons. The fraction of sp³-hybridized carbons (Fsp3) is 0.500.